The van der Waals surface area contributed by atoms with Gasteiger partial charge in [0.25, 0.3) is 11.8 Å². The molecule has 1 aliphatic rings. The van der Waals surface area contributed by atoms with E-state index in [4.69, 9.17) is 0 Å². The predicted octanol–water partition coefficient (Wildman–Crippen LogP) is 2.27. The van der Waals surface area contributed by atoms with E-state index < -0.39 is 0 Å². The van der Waals surface area contributed by atoms with Crippen molar-refractivity contribution in [3.63, 3.8) is 0 Å². The number of imide groups is 1. The van der Waals surface area contributed by atoms with Crippen LogP contribution in [0.15, 0.2) is 12.2 Å². The monoisotopic (exact) mass is 209 g/mol. The molecule has 0 spiro atoms. The standard InChI is InChI=1S/C12H19NO2/c1-3-5-7-10(6-4-2)13-11(14)8-9-12(13)15/h8-10H,3-7H2,1-2H3/t10-/m0/s1. The fourth-order valence-corrected chi connectivity index (χ4v) is 1.95. The average molecular weight is 209 g/mol. The summed E-state index contributed by atoms with van der Waals surface area (Å²) in [6, 6.07) is 0.102. The van der Waals surface area contributed by atoms with E-state index in [0.717, 1.165) is 32.1 Å². The lowest BCUT2D eigenvalue weighted by Crippen LogP contribution is -2.39. The molecule has 0 saturated carbocycles. The van der Waals surface area contributed by atoms with Crippen molar-refractivity contribution in [1.82, 2.24) is 4.90 Å². The topological polar surface area (TPSA) is 37.4 Å². The fraction of sp³-hybridized carbons (Fsp3) is 0.667. The highest BCUT2D eigenvalue weighted by Gasteiger charge is 2.29. The van der Waals surface area contributed by atoms with Crippen molar-refractivity contribution in [2.75, 3.05) is 0 Å². The minimum absolute atomic E-state index is 0.102. The summed E-state index contributed by atoms with van der Waals surface area (Å²) in [5.41, 5.74) is 0. The molecular formula is C12H19NO2. The molecule has 0 bridgehead atoms. The van der Waals surface area contributed by atoms with Crippen LogP contribution in [-0.4, -0.2) is 22.8 Å². The van der Waals surface area contributed by atoms with Crippen molar-refractivity contribution in [2.24, 2.45) is 0 Å². The number of carbonyl (C=O) groups is 2. The average Bonchev–Trinajstić information content (AvgIpc) is 2.54. The van der Waals surface area contributed by atoms with Crippen LogP contribution < -0.4 is 0 Å². The van der Waals surface area contributed by atoms with Crippen LogP contribution in [0.1, 0.15) is 46.0 Å². The van der Waals surface area contributed by atoms with Crippen molar-refractivity contribution in [2.45, 2.75) is 52.0 Å². The summed E-state index contributed by atoms with van der Waals surface area (Å²) in [5.74, 6) is -0.288. The smallest absolute Gasteiger partial charge is 0.253 e. The van der Waals surface area contributed by atoms with Crippen LogP contribution >= 0.6 is 0 Å². The van der Waals surface area contributed by atoms with E-state index in [2.05, 4.69) is 13.8 Å². The van der Waals surface area contributed by atoms with Gasteiger partial charge in [-0.05, 0) is 12.8 Å². The second-order valence-corrected chi connectivity index (χ2v) is 3.96. The van der Waals surface area contributed by atoms with E-state index in [1.165, 1.54) is 17.1 Å². The minimum atomic E-state index is -0.144. The van der Waals surface area contributed by atoms with Gasteiger partial charge in [-0.25, -0.2) is 0 Å². The van der Waals surface area contributed by atoms with Crippen LogP contribution in [0.25, 0.3) is 0 Å². The molecule has 84 valence electrons. The van der Waals surface area contributed by atoms with Crippen LogP contribution in [0.4, 0.5) is 0 Å². The Labute approximate surface area is 91.1 Å². The molecule has 0 fully saturated rings. The molecule has 0 unspecified atom stereocenters. The lowest BCUT2D eigenvalue weighted by Gasteiger charge is -2.25. The second kappa shape index (κ2) is 5.69. The molecular weight excluding hydrogens is 190 g/mol. The first-order valence-electron chi connectivity index (χ1n) is 5.76. The Bertz CT molecular complexity index is 253. The molecule has 1 aliphatic heterocycles. The van der Waals surface area contributed by atoms with Gasteiger partial charge in [0.1, 0.15) is 0 Å². The maximum Gasteiger partial charge on any atom is 0.253 e. The van der Waals surface area contributed by atoms with Gasteiger partial charge in [0, 0.05) is 18.2 Å². The third kappa shape index (κ3) is 2.91. The zero-order valence-corrected chi connectivity index (χ0v) is 9.53. The molecule has 15 heavy (non-hydrogen) atoms. The Morgan fingerprint density at radius 2 is 1.67 bits per heavy atom. The third-order valence-corrected chi connectivity index (χ3v) is 2.72. The Hall–Kier alpha value is -1.12. The maximum absolute atomic E-state index is 11.5. The Balaban J connectivity index is 2.62. The summed E-state index contributed by atoms with van der Waals surface area (Å²) < 4.78 is 0. The first-order chi connectivity index (χ1) is 7.20. The van der Waals surface area contributed by atoms with Gasteiger partial charge in [0.15, 0.2) is 0 Å². The van der Waals surface area contributed by atoms with Gasteiger partial charge in [-0.2, -0.15) is 0 Å². The van der Waals surface area contributed by atoms with E-state index in [-0.39, 0.29) is 17.9 Å². The van der Waals surface area contributed by atoms with Crippen molar-refractivity contribution in [3.8, 4) is 0 Å². The number of carbonyl (C=O) groups excluding carboxylic acids is 2. The normalized spacial score (nSPS) is 17.6. The summed E-state index contributed by atoms with van der Waals surface area (Å²) in [5, 5.41) is 0. The van der Waals surface area contributed by atoms with E-state index in [9.17, 15) is 9.59 Å². The minimum Gasteiger partial charge on any atom is -0.272 e. The van der Waals surface area contributed by atoms with Gasteiger partial charge < -0.3 is 0 Å². The molecule has 1 rings (SSSR count). The van der Waals surface area contributed by atoms with Gasteiger partial charge in [-0.15, -0.1) is 0 Å². The highest BCUT2D eigenvalue weighted by Crippen LogP contribution is 2.18. The number of rotatable bonds is 6. The third-order valence-electron chi connectivity index (χ3n) is 2.72. The van der Waals surface area contributed by atoms with Gasteiger partial charge in [-0.1, -0.05) is 33.1 Å². The first-order valence-corrected chi connectivity index (χ1v) is 5.76. The summed E-state index contributed by atoms with van der Waals surface area (Å²) in [7, 11) is 0. The molecule has 1 atom stereocenters. The summed E-state index contributed by atoms with van der Waals surface area (Å²) >= 11 is 0. The molecule has 0 aromatic heterocycles. The summed E-state index contributed by atoms with van der Waals surface area (Å²) in [6.07, 6.45) is 7.77. The van der Waals surface area contributed by atoms with Crippen LogP contribution in [-0.2, 0) is 9.59 Å². The second-order valence-electron chi connectivity index (χ2n) is 3.96. The van der Waals surface area contributed by atoms with Crippen LogP contribution in [0.3, 0.4) is 0 Å². The Morgan fingerprint density at radius 3 is 2.13 bits per heavy atom. The Morgan fingerprint density at radius 1 is 1.07 bits per heavy atom. The number of unbranched alkanes of at least 4 members (excludes halogenated alkanes) is 1. The highest BCUT2D eigenvalue weighted by molar-refractivity contribution is 6.13. The van der Waals surface area contributed by atoms with Crippen LogP contribution in [0, 0.1) is 0 Å². The number of nitrogens with zero attached hydrogens (tertiary/aromatic N) is 1. The molecule has 0 N–H and O–H groups in total. The van der Waals surface area contributed by atoms with Crippen molar-refractivity contribution in [1.29, 1.82) is 0 Å². The Kier molecular flexibility index (Phi) is 4.53. The van der Waals surface area contributed by atoms with Crippen LogP contribution in [0.2, 0.25) is 0 Å². The van der Waals surface area contributed by atoms with Gasteiger partial charge >= 0.3 is 0 Å². The molecule has 0 aromatic rings. The molecule has 3 heteroatoms. The summed E-state index contributed by atoms with van der Waals surface area (Å²) in [4.78, 5) is 24.4. The predicted molar refractivity (Wildman–Crippen MR) is 59.2 cm³/mol. The maximum atomic E-state index is 11.5. The highest BCUT2D eigenvalue weighted by atomic mass is 16.2. The van der Waals surface area contributed by atoms with Gasteiger partial charge in [-0.3, -0.25) is 14.5 Å². The lowest BCUT2D eigenvalue weighted by molar-refractivity contribution is -0.139. The summed E-state index contributed by atoms with van der Waals surface area (Å²) in [6.45, 7) is 4.20. The zero-order chi connectivity index (χ0) is 11.3. The van der Waals surface area contributed by atoms with Gasteiger partial charge in [0.05, 0.1) is 0 Å². The van der Waals surface area contributed by atoms with Crippen molar-refractivity contribution in [3.05, 3.63) is 12.2 Å². The molecule has 0 radical (unpaired) electrons. The van der Waals surface area contributed by atoms with E-state index in [0.29, 0.717) is 0 Å². The van der Waals surface area contributed by atoms with Crippen molar-refractivity contribution < 1.29 is 9.59 Å². The van der Waals surface area contributed by atoms with E-state index in [1.54, 1.807) is 0 Å². The molecule has 2 amide bonds. The van der Waals surface area contributed by atoms with E-state index in [1.807, 2.05) is 0 Å². The molecule has 0 aliphatic carbocycles. The number of amides is 2. The first kappa shape index (κ1) is 12.0. The SMILES string of the molecule is CCCC[C@H](CCC)N1C(=O)C=CC1=O. The van der Waals surface area contributed by atoms with Crippen LogP contribution in [0.5, 0.6) is 0 Å². The zero-order valence-electron chi connectivity index (χ0n) is 9.53. The molecule has 3 nitrogen and oxygen atoms in total. The quantitative estimate of drug-likeness (QED) is 0.629. The lowest BCUT2D eigenvalue weighted by atomic mass is 10.0. The van der Waals surface area contributed by atoms with Gasteiger partial charge in [0.2, 0.25) is 0 Å². The number of hydrogen-bond acceptors (Lipinski definition) is 2. The molecule has 0 aromatic carbocycles. The number of hydrogen-bond donors (Lipinski definition) is 0. The van der Waals surface area contributed by atoms with Crippen molar-refractivity contribution >= 4 is 11.8 Å². The molecule has 1 heterocycles. The fourth-order valence-electron chi connectivity index (χ4n) is 1.95. The largest absolute Gasteiger partial charge is 0.272 e. The molecule has 0 saturated heterocycles. The van der Waals surface area contributed by atoms with E-state index >= 15 is 0 Å².